The SMILES string of the molecule is Cc1cc(C)c(Nc2nccc3c2ccn3CC(C)(F)F)c(C)c1. The Kier molecular flexibility index (Phi) is 4.03. The van der Waals surface area contributed by atoms with Gasteiger partial charge in [0.25, 0.3) is 5.92 Å². The number of aromatic nitrogens is 2. The third-order valence-corrected chi connectivity index (χ3v) is 4.07. The van der Waals surface area contributed by atoms with Crippen molar-refractivity contribution in [2.75, 3.05) is 5.32 Å². The third-order valence-electron chi connectivity index (χ3n) is 4.07. The molecule has 2 heterocycles. The molecule has 5 heteroatoms. The molecule has 0 spiro atoms. The molecular formula is C19H21F2N3. The first-order valence-electron chi connectivity index (χ1n) is 7.91. The molecule has 0 radical (unpaired) electrons. The van der Waals surface area contributed by atoms with Gasteiger partial charge in [0.15, 0.2) is 0 Å². The molecule has 1 N–H and O–H groups in total. The molecule has 0 atom stereocenters. The molecule has 1 aromatic carbocycles. The molecule has 3 aromatic rings. The third kappa shape index (κ3) is 3.25. The van der Waals surface area contributed by atoms with E-state index in [9.17, 15) is 8.78 Å². The quantitative estimate of drug-likeness (QED) is 0.698. The van der Waals surface area contributed by atoms with Crippen LogP contribution < -0.4 is 5.32 Å². The fourth-order valence-electron chi connectivity index (χ4n) is 3.15. The molecule has 24 heavy (non-hydrogen) atoms. The van der Waals surface area contributed by atoms with E-state index in [1.165, 1.54) is 5.56 Å². The van der Waals surface area contributed by atoms with Gasteiger partial charge in [0.2, 0.25) is 0 Å². The van der Waals surface area contributed by atoms with Crippen molar-refractivity contribution >= 4 is 22.4 Å². The van der Waals surface area contributed by atoms with E-state index in [0.717, 1.165) is 34.6 Å². The van der Waals surface area contributed by atoms with Crippen LogP contribution in [-0.4, -0.2) is 15.5 Å². The van der Waals surface area contributed by atoms with Crippen LogP contribution >= 0.6 is 0 Å². The number of nitrogens with zero attached hydrogens (tertiary/aromatic N) is 2. The summed E-state index contributed by atoms with van der Waals surface area (Å²) in [6, 6.07) is 7.81. The van der Waals surface area contributed by atoms with Gasteiger partial charge in [-0.2, -0.15) is 0 Å². The zero-order valence-electron chi connectivity index (χ0n) is 14.3. The summed E-state index contributed by atoms with van der Waals surface area (Å²) in [5.41, 5.74) is 5.22. The van der Waals surface area contributed by atoms with Gasteiger partial charge in [-0.25, -0.2) is 13.8 Å². The number of rotatable bonds is 4. The van der Waals surface area contributed by atoms with Gasteiger partial charge >= 0.3 is 0 Å². The maximum absolute atomic E-state index is 13.4. The van der Waals surface area contributed by atoms with E-state index < -0.39 is 5.92 Å². The standard InChI is InChI=1S/C19H21F2N3/c1-12-9-13(2)17(14(3)10-12)23-18-15-6-8-24(11-19(4,20)21)16(15)5-7-22-18/h5-10H,11H2,1-4H3,(H,22,23). The minimum atomic E-state index is -2.76. The number of hydrogen-bond donors (Lipinski definition) is 1. The van der Waals surface area contributed by atoms with E-state index in [-0.39, 0.29) is 6.54 Å². The van der Waals surface area contributed by atoms with Crippen molar-refractivity contribution in [1.82, 2.24) is 9.55 Å². The fraction of sp³-hybridized carbons (Fsp3) is 0.316. The number of benzene rings is 1. The molecule has 2 aromatic heterocycles. The Labute approximate surface area is 140 Å². The maximum atomic E-state index is 13.4. The predicted octanol–water partition coefficient (Wildman–Crippen LogP) is 5.36. The molecule has 0 saturated heterocycles. The summed E-state index contributed by atoms with van der Waals surface area (Å²) in [7, 11) is 0. The van der Waals surface area contributed by atoms with E-state index in [1.54, 1.807) is 23.0 Å². The number of anilines is 2. The van der Waals surface area contributed by atoms with Crippen molar-refractivity contribution in [3.05, 3.63) is 53.3 Å². The van der Waals surface area contributed by atoms with Gasteiger partial charge in [-0.05, 0) is 44.0 Å². The first-order chi connectivity index (χ1) is 11.2. The second-order valence-corrected chi connectivity index (χ2v) is 6.50. The van der Waals surface area contributed by atoms with Gasteiger partial charge in [-0.1, -0.05) is 17.7 Å². The maximum Gasteiger partial charge on any atom is 0.262 e. The summed E-state index contributed by atoms with van der Waals surface area (Å²) >= 11 is 0. The Hall–Kier alpha value is -2.43. The van der Waals surface area contributed by atoms with Gasteiger partial charge in [0.05, 0.1) is 12.1 Å². The fourth-order valence-corrected chi connectivity index (χ4v) is 3.15. The number of pyridine rings is 1. The molecule has 3 rings (SSSR count). The average molecular weight is 329 g/mol. The summed E-state index contributed by atoms with van der Waals surface area (Å²) in [6.07, 6.45) is 3.33. The highest BCUT2D eigenvalue weighted by Gasteiger charge is 2.22. The van der Waals surface area contributed by atoms with Crippen LogP contribution in [0.5, 0.6) is 0 Å². The lowest BCUT2D eigenvalue weighted by Crippen LogP contribution is -2.18. The highest BCUT2D eigenvalue weighted by molar-refractivity contribution is 5.92. The van der Waals surface area contributed by atoms with E-state index >= 15 is 0 Å². The molecule has 0 saturated carbocycles. The van der Waals surface area contributed by atoms with E-state index in [4.69, 9.17) is 0 Å². The smallest absolute Gasteiger partial charge is 0.262 e. The van der Waals surface area contributed by atoms with Crippen LogP contribution in [0.4, 0.5) is 20.3 Å². The van der Waals surface area contributed by atoms with Crippen molar-refractivity contribution in [3.8, 4) is 0 Å². The van der Waals surface area contributed by atoms with E-state index in [0.29, 0.717) is 5.82 Å². The van der Waals surface area contributed by atoms with Crippen molar-refractivity contribution < 1.29 is 8.78 Å². The van der Waals surface area contributed by atoms with Gasteiger partial charge in [-0.15, -0.1) is 0 Å². The van der Waals surface area contributed by atoms with Crippen LogP contribution in [0.3, 0.4) is 0 Å². The van der Waals surface area contributed by atoms with Gasteiger partial charge in [0.1, 0.15) is 5.82 Å². The molecule has 3 nitrogen and oxygen atoms in total. The molecule has 126 valence electrons. The Morgan fingerprint density at radius 2 is 1.79 bits per heavy atom. The van der Waals surface area contributed by atoms with Crippen LogP contribution in [0.2, 0.25) is 0 Å². The molecule has 0 unspecified atom stereocenters. The molecule has 0 aliphatic rings. The number of fused-ring (bicyclic) bond motifs is 1. The van der Waals surface area contributed by atoms with E-state index in [1.807, 2.05) is 19.9 Å². The van der Waals surface area contributed by atoms with Gasteiger partial charge in [-0.3, -0.25) is 0 Å². The topological polar surface area (TPSA) is 29.9 Å². The zero-order chi connectivity index (χ0) is 17.5. The number of aryl methyl sites for hydroxylation is 3. The first kappa shape index (κ1) is 16.4. The average Bonchev–Trinajstić information content (AvgIpc) is 2.85. The highest BCUT2D eigenvalue weighted by atomic mass is 19.3. The number of halogens is 2. The van der Waals surface area contributed by atoms with Crippen molar-refractivity contribution in [2.24, 2.45) is 0 Å². The second-order valence-electron chi connectivity index (χ2n) is 6.50. The number of alkyl halides is 2. The first-order valence-corrected chi connectivity index (χ1v) is 7.91. The molecule has 0 fully saturated rings. The molecule has 0 amide bonds. The van der Waals surface area contributed by atoms with Gasteiger partial charge < -0.3 is 9.88 Å². The minimum Gasteiger partial charge on any atom is -0.341 e. The van der Waals surface area contributed by atoms with Gasteiger partial charge in [0, 0.05) is 30.4 Å². The molecular weight excluding hydrogens is 308 g/mol. The number of hydrogen-bond acceptors (Lipinski definition) is 2. The summed E-state index contributed by atoms with van der Waals surface area (Å²) in [6.45, 7) is 6.74. The second kappa shape index (κ2) is 5.89. The largest absolute Gasteiger partial charge is 0.341 e. The van der Waals surface area contributed by atoms with Crippen LogP contribution in [0.1, 0.15) is 23.6 Å². The van der Waals surface area contributed by atoms with Crippen molar-refractivity contribution in [1.29, 1.82) is 0 Å². The summed E-state index contributed by atoms with van der Waals surface area (Å²) < 4.78 is 28.3. The van der Waals surface area contributed by atoms with Crippen LogP contribution in [0.15, 0.2) is 36.7 Å². The normalized spacial score (nSPS) is 11.9. The summed E-state index contributed by atoms with van der Waals surface area (Å²) in [4.78, 5) is 4.40. The lowest BCUT2D eigenvalue weighted by molar-refractivity contribution is 0.00510. The number of nitrogens with one attached hydrogen (secondary N) is 1. The van der Waals surface area contributed by atoms with Crippen LogP contribution in [-0.2, 0) is 6.54 Å². The lowest BCUT2D eigenvalue weighted by atomic mass is 10.1. The summed E-state index contributed by atoms with van der Waals surface area (Å²) in [5, 5.41) is 4.21. The molecule has 0 bridgehead atoms. The zero-order valence-corrected chi connectivity index (χ0v) is 14.3. The van der Waals surface area contributed by atoms with Crippen LogP contribution in [0, 0.1) is 20.8 Å². The highest BCUT2D eigenvalue weighted by Crippen LogP contribution is 2.30. The van der Waals surface area contributed by atoms with Crippen molar-refractivity contribution in [3.63, 3.8) is 0 Å². The summed E-state index contributed by atoms with van der Waals surface area (Å²) in [5.74, 6) is -2.08. The minimum absolute atomic E-state index is 0.345. The monoisotopic (exact) mass is 329 g/mol. The Morgan fingerprint density at radius 3 is 2.42 bits per heavy atom. The Balaban J connectivity index is 2.03. The van der Waals surface area contributed by atoms with Crippen LogP contribution in [0.25, 0.3) is 10.9 Å². The van der Waals surface area contributed by atoms with E-state index in [2.05, 4.69) is 29.4 Å². The molecule has 0 aliphatic carbocycles. The lowest BCUT2D eigenvalue weighted by Gasteiger charge is -2.15. The Morgan fingerprint density at radius 1 is 1.12 bits per heavy atom. The van der Waals surface area contributed by atoms with Crippen molar-refractivity contribution in [2.45, 2.75) is 40.2 Å². The predicted molar refractivity (Wildman–Crippen MR) is 94.3 cm³/mol. The Bertz CT molecular complexity index is 868. The molecule has 0 aliphatic heterocycles.